The zero-order valence-corrected chi connectivity index (χ0v) is 20.5. The van der Waals surface area contributed by atoms with E-state index in [9.17, 15) is 9.59 Å². The number of rotatable bonds is 4. The van der Waals surface area contributed by atoms with E-state index >= 15 is 0 Å². The van der Waals surface area contributed by atoms with Gasteiger partial charge in [0, 0.05) is 31.7 Å². The van der Waals surface area contributed by atoms with Crippen LogP contribution in [0.2, 0.25) is 0 Å². The summed E-state index contributed by atoms with van der Waals surface area (Å²) in [4.78, 5) is 28.8. The normalized spacial score (nSPS) is 26.7. The number of halogens is 1. The van der Waals surface area contributed by atoms with Crippen molar-refractivity contribution in [2.75, 3.05) is 50.7 Å². The highest BCUT2D eigenvalue weighted by molar-refractivity contribution is 6.00. The number of imide groups is 1. The lowest BCUT2D eigenvalue weighted by Gasteiger charge is -2.45. The number of anilines is 1. The lowest BCUT2D eigenvalue weighted by Crippen LogP contribution is -2.47. The third kappa shape index (κ3) is 5.72. The lowest BCUT2D eigenvalue weighted by atomic mass is 9.71. The van der Waals surface area contributed by atoms with Gasteiger partial charge in [0.15, 0.2) is 0 Å². The highest BCUT2D eigenvalue weighted by Gasteiger charge is 2.36. The lowest BCUT2D eigenvalue weighted by molar-refractivity contribution is -0.134. The molecule has 4 aliphatic heterocycles. The second-order valence-electron chi connectivity index (χ2n) is 10.6. The summed E-state index contributed by atoms with van der Waals surface area (Å²) in [6.07, 6.45) is 9.12. The third-order valence-corrected chi connectivity index (χ3v) is 8.61. The third-order valence-electron chi connectivity index (χ3n) is 8.61. The average Bonchev–Trinajstić information content (AvgIpc) is 2.82. The Kier molecular flexibility index (Phi) is 7.98. The molecular weight excluding hydrogens is 436 g/mol. The molecule has 1 atom stereocenters. The van der Waals surface area contributed by atoms with Crippen LogP contribution in [0, 0.1) is 11.3 Å². The Morgan fingerprint density at radius 2 is 1.55 bits per heavy atom. The van der Waals surface area contributed by atoms with E-state index in [2.05, 4.69) is 44.7 Å². The van der Waals surface area contributed by atoms with Crippen LogP contribution in [0.4, 0.5) is 5.69 Å². The molecule has 4 saturated heterocycles. The van der Waals surface area contributed by atoms with Crippen LogP contribution in [0.3, 0.4) is 0 Å². The minimum absolute atomic E-state index is 0. The van der Waals surface area contributed by atoms with Gasteiger partial charge in [0.25, 0.3) is 0 Å². The largest absolute Gasteiger partial charge is 0.372 e. The van der Waals surface area contributed by atoms with Crippen molar-refractivity contribution in [1.29, 1.82) is 0 Å². The monoisotopic (exact) mass is 474 g/mol. The van der Waals surface area contributed by atoms with Gasteiger partial charge in [-0.05, 0) is 100 Å². The van der Waals surface area contributed by atoms with Crippen molar-refractivity contribution in [1.82, 2.24) is 15.5 Å². The molecule has 4 heterocycles. The van der Waals surface area contributed by atoms with Crippen LogP contribution in [-0.2, 0) is 9.59 Å². The smallest absolute Gasteiger partial charge is 0.234 e. The highest BCUT2D eigenvalue weighted by atomic mass is 35.5. The maximum absolute atomic E-state index is 12.1. The minimum Gasteiger partial charge on any atom is -0.372 e. The van der Waals surface area contributed by atoms with Gasteiger partial charge in [-0.25, -0.2) is 0 Å². The van der Waals surface area contributed by atoms with Crippen LogP contribution in [0.15, 0.2) is 24.3 Å². The number of nitrogens with one attached hydrogen (secondary N) is 2. The fraction of sp³-hybridized carbons (Fsp3) is 0.692. The predicted octanol–water partition coefficient (Wildman–Crippen LogP) is 3.31. The van der Waals surface area contributed by atoms with E-state index in [1.807, 2.05) is 0 Å². The molecule has 182 valence electrons. The second-order valence-corrected chi connectivity index (χ2v) is 10.6. The molecule has 1 aromatic rings. The van der Waals surface area contributed by atoms with Crippen LogP contribution in [0.25, 0.3) is 0 Å². The van der Waals surface area contributed by atoms with E-state index in [1.165, 1.54) is 76.9 Å². The van der Waals surface area contributed by atoms with Crippen molar-refractivity contribution in [3.8, 4) is 0 Å². The molecule has 0 aliphatic carbocycles. The zero-order chi connectivity index (χ0) is 22.0. The Hall–Kier alpha value is -1.63. The molecule has 4 aliphatic rings. The SMILES string of the molecule is Cl.O=C1CCC(c2ccc(N3CCC(CN4CCC5(CCNCC5)CC4)CC3)cc2)C(=O)N1. The Balaban J connectivity index is 0.00000259. The van der Waals surface area contributed by atoms with Crippen molar-refractivity contribution in [2.45, 2.75) is 57.3 Å². The number of amides is 2. The summed E-state index contributed by atoms with van der Waals surface area (Å²) >= 11 is 0. The Labute approximate surface area is 204 Å². The quantitative estimate of drug-likeness (QED) is 0.655. The van der Waals surface area contributed by atoms with Gasteiger partial charge < -0.3 is 15.1 Å². The van der Waals surface area contributed by atoms with E-state index in [-0.39, 0.29) is 30.1 Å². The molecule has 2 amide bonds. The molecule has 2 N–H and O–H groups in total. The van der Waals surface area contributed by atoms with Gasteiger partial charge >= 0.3 is 0 Å². The first-order valence-corrected chi connectivity index (χ1v) is 12.7. The highest BCUT2D eigenvalue weighted by Crippen LogP contribution is 2.40. The van der Waals surface area contributed by atoms with Gasteiger partial charge in [-0.15, -0.1) is 12.4 Å². The van der Waals surface area contributed by atoms with Gasteiger partial charge in [-0.3, -0.25) is 14.9 Å². The van der Waals surface area contributed by atoms with E-state index in [0.29, 0.717) is 18.3 Å². The first-order valence-electron chi connectivity index (χ1n) is 12.7. The predicted molar refractivity (Wildman–Crippen MR) is 134 cm³/mol. The van der Waals surface area contributed by atoms with Gasteiger partial charge in [0.05, 0.1) is 5.92 Å². The number of hydrogen-bond acceptors (Lipinski definition) is 5. The maximum atomic E-state index is 12.1. The van der Waals surface area contributed by atoms with Crippen molar-refractivity contribution < 1.29 is 9.59 Å². The van der Waals surface area contributed by atoms with Gasteiger partial charge in [-0.2, -0.15) is 0 Å². The number of carbonyl (C=O) groups excluding carboxylic acids is 2. The zero-order valence-electron chi connectivity index (χ0n) is 19.7. The summed E-state index contributed by atoms with van der Waals surface area (Å²) in [7, 11) is 0. The second kappa shape index (κ2) is 10.7. The summed E-state index contributed by atoms with van der Waals surface area (Å²) in [5.41, 5.74) is 2.92. The van der Waals surface area contributed by atoms with Crippen molar-refractivity contribution in [3.63, 3.8) is 0 Å². The number of benzene rings is 1. The van der Waals surface area contributed by atoms with Crippen molar-refractivity contribution >= 4 is 29.9 Å². The van der Waals surface area contributed by atoms with E-state index in [1.54, 1.807) is 0 Å². The summed E-state index contributed by atoms with van der Waals surface area (Å²) in [6.45, 7) is 8.53. The number of nitrogens with zero attached hydrogens (tertiary/aromatic N) is 2. The molecule has 4 fully saturated rings. The van der Waals surface area contributed by atoms with Crippen molar-refractivity contribution in [2.24, 2.45) is 11.3 Å². The molecule has 1 aromatic carbocycles. The molecule has 0 aromatic heterocycles. The molecular formula is C26H39ClN4O2. The average molecular weight is 475 g/mol. The summed E-state index contributed by atoms with van der Waals surface area (Å²) in [5, 5.41) is 5.99. The number of likely N-dealkylation sites (tertiary alicyclic amines) is 1. The van der Waals surface area contributed by atoms with Crippen LogP contribution in [0.5, 0.6) is 0 Å². The van der Waals surface area contributed by atoms with Gasteiger partial charge in [0.1, 0.15) is 0 Å². The molecule has 5 rings (SSSR count). The van der Waals surface area contributed by atoms with E-state index in [0.717, 1.165) is 24.6 Å². The molecule has 33 heavy (non-hydrogen) atoms. The number of piperidine rings is 4. The van der Waals surface area contributed by atoms with Crippen LogP contribution in [-0.4, -0.2) is 62.5 Å². The summed E-state index contributed by atoms with van der Waals surface area (Å²) in [6, 6.07) is 8.46. The summed E-state index contributed by atoms with van der Waals surface area (Å²) < 4.78 is 0. The van der Waals surface area contributed by atoms with Crippen LogP contribution >= 0.6 is 12.4 Å². The molecule has 6 nitrogen and oxygen atoms in total. The Morgan fingerprint density at radius 3 is 2.18 bits per heavy atom. The molecule has 1 spiro atoms. The first kappa shape index (κ1) is 24.5. The first-order chi connectivity index (χ1) is 15.6. The van der Waals surface area contributed by atoms with E-state index in [4.69, 9.17) is 0 Å². The maximum Gasteiger partial charge on any atom is 0.234 e. The minimum atomic E-state index is -0.193. The number of hydrogen-bond donors (Lipinski definition) is 2. The van der Waals surface area contributed by atoms with E-state index < -0.39 is 0 Å². The fourth-order valence-electron chi connectivity index (χ4n) is 6.33. The molecule has 7 heteroatoms. The fourth-order valence-corrected chi connectivity index (χ4v) is 6.33. The van der Waals surface area contributed by atoms with Crippen LogP contribution < -0.4 is 15.5 Å². The van der Waals surface area contributed by atoms with Gasteiger partial charge in [-0.1, -0.05) is 12.1 Å². The number of carbonyl (C=O) groups is 2. The summed E-state index contributed by atoms with van der Waals surface area (Å²) in [5.74, 6) is 0.316. The standard InChI is InChI=1S/C26H38N4O2.ClH/c31-24-6-5-23(25(32)28-24)21-1-3-22(4-2-21)30-15-7-20(8-16-30)19-29-17-11-26(12-18-29)9-13-27-14-10-26;/h1-4,20,23,27H,5-19H2,(H,28,31,32);1H. The molecule has 1 unspecified atom stereocenters. The topological polar surface area (TPSA) is 64.7 Å². The van der Waals surface area contributed by atoms with Crippen molar-refractivity contribution in [3.05, 3.63) is 29.8 Å². The Bertz CT molecular complexity index is 806. The molecule has 0 radical (unpaired) electrons. The van der Waals surface area contributed by atoms with Gasteiger partial charge in [0.2, 0.25) is 11.8 Å². The molecule has 0 bridgehead atoms. The Morgan fingerprint density at radius 1 is 0.879 bits per heavy atom. The molecule has 0 saturated carbocycles. The van der Waals surface area contributed by atoms with Crippen LogP contribution in [0.1, 0.15) is 62.8 Å².